The van der Waals surface area contributed by atoms with E-state index in [1.54, 1.807) is 18.3 Å². The summed E-state index contributed by atoms with van der Waals surface area (Å²) in [6.07, 6.45) is 2.92. The van der Waals surface area contributed by atoms with Gasteiger partial charge in [-0.15, -0.1) is 0 Å². The fraction of sp³-hybridized carbons (Fsp3) is 0.357. The number of ether oxygens (including phenoxy) is 1. The number of carbonyl (C=O) groups is 1. The van der Waals surface area contributed by atoms with E-state index in [1.807, 2.05) is 0 Å². The number of aromatic nitrogens is 1. The Morgan fingerprint density at radius 3 is 2.80 bits per heavy atom. The smallest absolute Gasteiger partial charge is 0.279 e. The molecule has 0 bridgehead atoms. The highest BCUT2D eigenvalue weighted by molar-refractivity contribution is 6.11. The number of carbonyl (C=O) groups excluding carboxylic acids is 1. The molecule has 20 heavy (non-hydrogen) atoms. The number of Topliss-reactive ketones (excluding diaryl/α,β-unsaturated/α-hetero) is 1. The van der Waals surface area contributed by atoms with Crippen molar-refractivity contribution in [1.29, 1.82) is 0 Å². The SMILES string of the molecule is O=C(c1c[nH]c2cccc([N+](=O)[O-])c12)C1CCOCC1. The van der Waals surface area contributed by atoms with Gasteiger partial charge in [0.25, 0.3) is 5.69 Å². The van der Waals surface area contributed by atoms with Crippen LogP contribution in [0.5, 0.6) is 0 Å². The zero-order valence-electron chi connectivity index (χ0n) is 10.8. The molecule has 0 spiro atoms. The third-order valence-corrected chi connectivity index (χ3v) is 3.74. The standard InChI is InChI=1S/C14H14N2O4/c17-14(9-4-6-20-7-5-9)10-8-15-11-2-1-3-12(13(10)11)16(18)19/h1-3,8-9,15H,4-7H2. The second-order valence-electron chi connectivity index (χ2n) is 4.91. The van der Waals surface area contributed by atoms with Crippen molar-refractivity contribution in [3.63, 3.8) is 0 Å². The Bertz CT molecular complexity index is 671. The highest BCUT2D eigenvalue weighted by Gasteiger charge is 2.27. The first kappa shape index (κ1) is 12.8. The average Bonchev–Trinajstić information content (AvgIpc) is 2.91. The van der Waals surface area contributed by atoms with Crippen LogP contribution in [0.2, 0.25) is 0 Å². The first-order valence-electron chi connectivity index (χ1n) is 6.55. The van der Waals surface area contributed by atoms with Gasteiger partial charge in [-0.1, -0.05) is 6.07 Å². The summed E-state index contributed by atoms with van der Waals surface area (Å²) in [4.78, 5) is 26.2. The summed E-state index contributed by atoms with van der Waals surface area (Å²) >= 11 is 0. The van der Waals surface area contributed by atoms with Crippen LogP contribution in [0.4, 0.5) is 5.69 Å². The Balaban J connectivity index is 2.07. The van der Waals surface area contributed by atoms with Gasteiger partial charge < -0.3 is 9.72 Å². The van der Waals surface area contributed by atoms with Crippen LogP contribution < -0.4 is 0 Å². The van der Waals surface area contributed by atoms with Gasteiger partial charge in [0, 0.05) is 31.4 Å². The van der Waals surface area contributed by atoms with Crippen molar-refractivity contribution in [1.82, 2.24) is 4.98 Å². The van der Waals surface area contributed by atoms with Crippen LogP contribution in [0.3, 0.4) is 0 Å². The predicted octanol–water partition coefficient (Wildman–Crippen LogP) is 2.69. The second kappa shape index (κ2) is 5.05. The third kappa shape index (κ3) is 2.08. The Hall–Kier alpha value is -2.21. The summed E-state index contributed by atoms with van der Waals surface area (Å²) in [5, 5.41) is 11.5. The van der Waals surface area contributed by atoms with E-state index in [4.69, 9.17) is 4.74 Å². The maximum Gasteiger partial charge on any atom is 0.279 e. The van der Waals surface area contributed by atoms with Gasteiger partial charge in [-0.3, -0.25) is 14.9 Å². The molecule has 2 heterocycles. The Kier molecular flexibility index (Phi) is 3.23. The fourth-order valence-corrected chi connectivity index (χ4v) is 2.69. The molecule has 0 radical (unpaired) electrons. The number of nitro benzene ring substituents is 1. The molecule has 1 fully saturated rings. The zero-order chi connectivity index (χ0) is 14.1. The van der Waals surface area contributed by atoms with Crippen molar-refractivity contribution in [2.24, 2.45) is 5.92 Å². The largest absolute Gasteiger partial charge is 0.381 e. The van der Waals surface area contributed by atoms with Gasteiger partial charge in [-0.05, 0) is 18.9 Å². The molecular formula is C14H14N2O4. The number of hydrogen-bond donors (Lipinski definition) is 1. The summed E-state index contributed by atoms with van der Waals surface area (Å²) in [5.74, 6) is -0.142. The third-order valence-electron chi connectivity index (χ3n) is 3.74. The minimum atomic E-state index is -0.447. The van der Waals surface area contributed by atoms with Gasteiger partial charge in [0.15, 0.2) is 5.78 Å². The van der Waals surface area contributed by atoms with Crippen LogP contribution in [0.1, 0.15) is 23.2 Å². The lowest BCUT2D eigenvalue weighted by Crippen LogP contribution is -2.23. The van der Waals surface area contributed by atoms with Gasteiger partial charge in [0.1, 0.15) is 0 Å². The van der Waals surface area contributed by atoms with E-state index in [0.29, 0.717) is 42.5 Å². The minimum absolute atomic E-state index is 0.0286. The molecule has 104 valence electrons. The molecule has 1 N–H and O–H groups in total. The van der Waals surface area contributed by atoms with Crippen molar-refractivity contribution in [3.8, 4) is 0 Å². The first-order chi connectivity index (χ1) is 9.68. The van der Waals surface area contributed by atoms with Crippen molar-refractivity contribution in [3.05, 3.63) is 40.1 Å². The number of nitrogens with zero attached hydrogens (tertiary/aromatic N) is 1. The van der Waals surface area contributed by atoms with Crippen LogP contribution in [-0.4, -0.2) is 28.9 Å². The van der Waals surface area contributed by atoms with E-state index in [2.05, 4.69) is 4.98 Å². The average molecular weight is 274 g/mol. The summed E-state index contributed by atoms with van der Waals surface area (Å²) in [5.41, 5.74) is 1.01. The summed E-state index contributed by atoms with van der Waals surface area (Å²) in [6, 6.07) is 4.78. The van der Waals surface area contributed by atoms with Crippen LogP contribution in [0.15, 0.2) is 24.4 Å². The lowest BCUT2D eigenvalue weighted by atomic mass is 9.90. The first-order valence-corrected chi connectivity index (χ1v) is 6.55. The molecule has 6 heteroatoms. The van der Waals surface area contributed by atoms with Gasteiger partial charge in [-0.25, -0.2) is 0 Å². The summed E-state index contributed by atoms with van der Waals surface area (Å²) in [6.45, 7) is 1.14. The summed E-state index contributed by atoms with van der Waals surface area (Å²) < 4.78 is 5.25. The van der Waals surface area contributed by atoms with Crippen molar-refractivity contribution >= 4 is 22.4 Å². The number of aromatic amines is 1. The summed E-state index contributed by atoms with van der Waals surface area (Å²) in [7, 11) is 0. The van der Waals surface area contributed by atoms with Gasteiger partial charge in [0.05, 0.1) is 21.4 Å². The van der Waals surface area contributed by atoms with E-state index >= 15 is 0 Å². The van der Waals surface area contributed by atoms with Crippen LogP contribution in [-0.2, 0) is 4.74 Å². The molecular weight excluding hydrogens is 260 g/mol. The monoisotopic (exact) mass is 274 g/mol. The Labute approximate surface area is 114 Å². The number of benzene rings is 1. The highest BCUT2D eigenvalue weighted by Crippen LogP contribution is 2.31. The van der Waals surface area contributed by atoms with Crippen molar-refractivity contribution in [2.75, 3.05) is 13.2 Å². The molecule has 1 saturated heterocycles. The van der Waals surface area contributed by atoms with Gasteiger partial charge in [-0.2, -0.15) is 0 Å². The highest BCUT2D eigenvalue weighted by atomic mass is 16.6. The number of non-ortho nitro benzene ring substituents is 1. The second-order valence-corrected chi connectivity index (χ2v) is 4.91. The number of fused-ring (bicyclic) bond motifs is 1. The predicted molar refractivity (Wildman–Crippen MR) is 72.8 cm³/mol. The lowest BCUT2D eigenvalue weighted by molar-refractivity contribution is -0.383. The fourth-order valence-electron chi connectivity index (χ4n) is 2.69. The number of nitro groups is 1. The maximum absolute atomic E-state index is 12.6. The van der Waals surface area contributed by atoms with Gasteiger partial charge in [0.2, 0.25) is 0 Å². The molecule has 6 nitrogen and oxygen atoms in total. The van der Waals surface area contributed by atoms with Crippen LogP contribution >= 0.6 is 0 Å². The molecule has 0 aliphatic carbocycles. The lowest BCUT2D eigenvalue weighted by Gasteiger charge is -2.20. The quantitative estimate of drug-likeness (QED) is 0.529. The Morgan fingerprint density at radius 2 is 2.10 bits per heavy atom. The molecule has 0 saturated carbocycles. The van der Waals surface area contributed by atoms with E-state index in [0.717, 1.165) is 0 Å². The zero-order valence-corrected chi connectivity index (χ0v) is 10.8. The van der Waals surface area contributed by atoms with E-state index < -0.39 is 4.92 Å². The topological polar surface area (TPSA) is 85.2 Å². The molecule has 1 aliphatic heterocycles. The minimum Gasteiger partial charge on any atom is -0.381 e. The normalized spacial score (nSPS) is 16.4. The van der Waals surface area contributed by atoms with E-state index in [9.17, 15) is 14.9 Å². The van der Waals surface area contributed by atoms with Crippen LogP contribution in [0.25, 0.3) is 10.9 Å². The molecule has 1 aliphatic rings. The molecule has 0 unspecified atom stereocenters. The Morgan fingerprint density at radius 1 is 1.35 bits per heavy atom. The molecule has 0 atom stereocenters. The van der Waals surface area contributed by atoms with Gasteiger partial charge >= 0.3 is 0 Å². The number of ketones is 1. The molecule has 1 aromatic carbocycles. The number of hydrogen-bond acceptors (Lipinski definition) is 4. The van der Waals surface area contributed by atoms with Crippen LogP contribution in [0, 0.1) is 16.0 Å². The molecule has 0 amide bonds. The number of H-pyrrole nitrogens is 1. The number of nitrogens with one attached hydrogen (secondary N) is 1. The maximum atomic E-state index is 12.6. The van der Waals surface area contributed by atoms with Crippen molar-refractivity contribution < 1.29 is 14.5 Å². The molecule has 3 rings (SSSR count). The van der Waals surface area contributed by atoms with Crippen molar-refractivity contribution in [2.45, 2.75) is 12.8 Å². The molecule has 2 aromatic rings. The number of rotatable bonds is 3. The van der Waals surface area contributed by atoms with E-state index in [1.165, 1.54) is 6.07 Å². The van der Waals surface area contributed by atoms with E-state index in [-0.39, 0.29) is 17.4 Å². The molecule has 1 aromatic heterocycles.